The number of carbonyl (C=O) groups excluding carboxylic acids is 1. The van der Waals surface area contributed by atoms with Crippen molar-refractivity contribution in [2.24, 2.45) is 5.92 Å². The zero-order chi connectivity index (χ0) is 17.6. The molecule has 1 aromatic carbocycles. The largest absolute Gasteiger partial charge is 0.497 e. The number of oxazole rings is 1. The first-order chi connectivity index (χ1) is 12.2. The van der Waals surface area contributed by atoms with Gasteiger partial charge < -0.3 is 19.2 Å². The molecule has 0 aliphatic heterocycles. The third kappa shape index (κ3) is 5.06. The normalized spacial score (nSPS) is 15.0. The number of nitrogens with one attached hydrogen (secondary N) is 1. The number of benzene rings is 1. The number of rotatable bonds is 9. The second kappa shape index (κ2) is 8.16. The Labute approximate surface area is 147 Å². The van der Waals surface area contributed by atoms with E-state index in [9.17, 15) is 4.79 Å². The molecule has 3 rings (SSSR count). The van der Waals surface area contributed by atoms with Crippen LogP contribution >= 0.6 is 0 Å². The van der Waals surface area contributed by atoms with E-state index in [1.54, 1.807) is 20.3 Å². The van der Waals surface area contributed by atoms with Gasteiger partial charge in [-0.1, -0.05) is 0 Å². The lowest BCUT2D eigenvalue weighted by Gasteiger charge is -2.12. The van der Waals surface area contributed by atoms with Gasteiger partial charge in [0.15, 0.2) is 0 Å². The van der Waals surface area contributed by atoms with Gasteiger partial charge in [0.2, 0.25) is 11.8 Å². The Bertz CT molecular complexity index is 692. The summed E-state index contributed by atoms with van der Waals surface area (Å²) in [7, 11) is 1.63. The molecule has 1 saturated carbocycles. The average molecular weight is 344 g/mol. The van der Waals surface area contributed by atoms with Crippen LogP contribution in [-0.4, -0.2) is 37.3 Å². The lowest BCUT2D eigenvalue weighted by atomic mass is 10.2. The quantitative estimate of drug-likeness (QED) is 0.757. The highest BCUT2D eigenvalue weighted by Gasteiger charge is 2.23. The molecule has 2 aromatic rings. The number of ether oxygens (including phenoxy) is 2. The van der Waals surface area contributed by atoms with E-state index in [0.717, 1.165) is 17.0 Å². The van der Waals surface area contributed by atoms with Gasteiger partial charge in [-0.05, 0) is 49.9 Å². The molecular weight excluding hydrogens is 320 g/mol. The predicted octanol–water partition coefficient (Wildman–Crippen LogP) is 2.82. The van der Waals surface area contributed by atoms with Crippen molar-refractivity contribution in [1.29, 1.82) is 0 Å². The zero-order valence-corrected chi connectivity index (χ0v) is 14.7. The van der Waals surface area contributed by atoms with E-state index in [-0.39, 0.29) is 5.91 Å². The fourth-order valence-electron chi connectivity index (χ4n) is 2.39. The summed E-state index contributed by atoms with van der Waals surface area (Å²) in [6, 6.07) is 7.52. The Balaban J connectivity index is 1.43. The molecule has 1 aromatic heterocycles. The molecule has 1 amide bonds. The summed E-state index contributed by atoms with van der Waals surface area (Å²) in [6.07, 6.45) is 4.26. The molecule has 1 aliphatic carbocycles. The van der Waals surface area contributed by atoms with Gasteiger partial charge >= 0.3 is 0 Å². The van der Waals surface area contributed by atoms with E-state index in [4.69, 9.17) is 13.9 Å². The molecule has 6 heteroatoms. The number of nitrogens with zero attached hydrogens (tertiary/aromatic N) is 1. The summed E-state index contributed by atoms with van der Waals surface area (Å²) < 4.78 is 16.2. The van der Waals surface area contributed by atoms with Crippen LogP contribution < -0.4 is 10.1 Å². The van der Waals surface area contributed by atoms with E-state index >= 15 is 0 Å². The van der Waals surface area contributed by atoms with Crippen LogP contribution in [0.5, 0.6) is 5.75 Å². The SMILES string of the molecule is COc1ccc(-c2nc(CCNC(=O)[C@@H](C)OCC3CC3)co2)cc1. The summed E-state index contributed by atoms with van der Waals surface area (Å²) in [5.74, 6) is 1.92. The minimum absolute atomic E-state index is 0.0838. The van der Waals surface area contributed by atoms with Gasteiger partial charge in [0.05, 0.1) is 19.4 Å². The number of hydrogen-bond acceptors (Lipinski definition) is 5. The van der Waals surface area contributed by atoms with Gasteiger partial charge in [-0.2, -0.15) is 0 Å². The van der Waals surface area contributed by atoms with Crippen molar-refractivity contribution in [3.8, 4) is 17.2 Å². The molecular formula is C19H24N2O4. The van der Waals surface area contributed by atoms with Crippen molar-refractivity contribution in [3.63, 3.8) is 0 Å². The van der Waals surface area contributed by atoms with E-state index < -0.39 is 6.10 Å². The topological polar surface area (TPSA) is 73.6 Å². The molecule has 1 heterocycles. The highest BCUT2D eigenvalue weighted by Crippen LogP contribution is 2.29. The lowest BCUT2D eigenvalue weighted by Crippen LogP contribution is -2.36. The number of amides is 1. The standard InChI is InChI=1S/C19H24N2O4/c1-13(24-11-14-3-4-14)18(22)20-10-9-16-12-25-19(21-16)15-5-7-17(23-2)8-6-15/h5-8,12-14H,3-4,9-11H2,1-2H3,(H,20,22)/t13-/m1/s1. The molecule has 0 spiro atoms. The molecule has 0 bridgehead atoms. The van der Waals surface area contributed by atoms with Crippen LogP contribution in [0.4, 0.5) is 0 Å². The molecule has 1 fully saturated rings. The van der Waals surface area contributed by atoms with Crippen LogP contribution in [0.25, 0.3) is 11.5 Å². The second-order valence-electron chi connectivity index (χ2n) is 6.33. The Morgan fingerprint density at radius 2 is 2.12 bits per heavy atom. The van der Waals surface area contributed by atoms with Gasteiger partial charge in [-0.3, -0.25) is 4.79 Å². The van der Waals surface area contributed by atoms with Crippen LogP contribution in [-0.2, 0) is 16.0 Å². The van der Waals surface area contributed by atoms with Gasteiger partial charge in [0.25, 0.3) is 0 Å². The number of hydrogen-bond donors (Lipinski definition) is 1. The van der Waals surface area contributed by atoms with Gasteiger partial charge in [0.1, 0.15) is 18.1 Å². The fourth-order valence-corrected chi connectivity index (χ4v) is 2.39. The third-order valence-corrected chi connectivity index (χ3v) is 4.22. The Kier molecular flexibility index (Phi) is 5.71. The average Bonchev–Trinajstić information content (AvgIpc) is 3.36. The molecule has 0 saturated heterocycles. The van der Waals surface area contributed by atoms with Crippen molar-refractivity contribution < 1.29 is 18.7 Å². The van der Waals surface area contributed by atoms with Gasteiger partial charge in [0, 0.05) is 18.5 Å². The van der Waals surface area contributed by atoms with Crippen molar-refractivity contribution in [1.82, 2.24) is 10.3 Å². The zero-order valence-electron chi connectivity index (χ0n) is 14.7. The molecule has 134 valence electrons. The highest BCUT2D eigenvalue weighted by atomic mass is 16.5. The lowest BCUT2D eigenvalue weighted by molar-refractivity contribution is -0.131. The first kappa shape index (κ1) is 17.5. The minimum Gasteiger partial charge on any atom is -0.497 e. The number of methoxy groups -OCH3 is 1. The second-order valence-corrected chi connectivity index (χ2v) is 6.33. The summed E-state index contributed by atoms with van der Waals surface area (Å²) in [6.45, 7) is 2.98. The summed E-state index contributed by atoms with van der Waals surface area (Å²) in [4.78, 5) is 16.4. The molecule has 0 radical (unpaired) electrons. The highest BCUT2D eigenvalue weighted by molar-refractivity contribution is 5.80. The Morgan fingerprint density at radius 1 is 1.36 bits per heavy atom. The first-order valence-corrected chi connectivity index (χ1v) is 8.64. The van der Waals surface area contributed by atoms with Crippen LogP contribution in [0.2, 0.25) is 0 Å². The molecule has 0 unspecified atom stereocenters. The maximum Gasteiger partial charge on any atom is 0.248 e. The molecule has 1 N–H and O–H groups in total. The maximum atomic E-state index is 12.0. The van der Waals surface area contributed by atoms with Crippen molar-refractivity contribution in [2.75, 3.05) is 20.3 Å². The number of aromatic nitrogens is 1. The summed E-state index contributed by atoms with van der Waals surface area (Å²) >= 11 is 0. The number of carbonyl (C=O) groups is 1. The molecule has 1 atom stereocenters. The van der Waals surface area contributed by atoms with Gasteiger partial charge in [-0.25, -0.2) is 4.98 Å². The van der Waals surface area contributed by atoms with Crippen LogP contribution in [0.3, 0.4) is 0 Å². The molecule has 6 nitrogen and oxygen atoms in total. The third-order valence-electron chi connectivity index (χ3n) is 4.22. The van der Waals surface area contributed by atoms with Crippen molar-refractivity contribution in [2.45, 2.75) is 32.3 Å². The Hall–Kier alpha value is -2.34. The molecule has 1 aliphatic rings. The van der Waals surface area contributed by atoms with Crippen LogP contribution in [0.15, 0.2) is 34.9 Å². The summed E-state index contributed by atoms with van der Waals surface area (Å²) in [5, 5.41) is 2.88. The van der Waals surface area contributed by atoms with Crippen molar-refractivity contribution >= 4 is 5.91 Å². The maximum absolute atomic E-state index is 12.0. The minimum atomic E-state index is -0.409. The van der Waals surface area contributed by atoms with E-state index in [2.05, 4.69) is 10.3 Å². The van der Waals surface area contributed by atoms with Gasteiger partial charge in [-0.15, -0.1) is 0 Å². The monoisotopic (exact) mass is 344 g/mol. The van der Waals surface area contributed by atoms with Crippen LogP contribution in [0, 0.1) is 5.92 Å². The fraction of sp³-hybridized carbons (Fsp3) is 0.474. The van der Waals surface area contributed by atoms with Crippen LogP contribution in [0.1, 0.15) is 25.5 Å². The Morgan fingerprint density at radius 3 is 2.80 bits per heavy atom. The van der Waals surface area contributed by atoms with E-state index in [1.165, 1.54) is 12.8 Å². The van der Waals surface area contributed by atoms with E-state index in [0.29, 0.717) is 31.4 Å². The van der Waals surface area contributed by atoms with E-state index in [1.807, 2.05) is 24.3 Å². The summed E-state index contributed by atoms with van der Waals surface area (Å²) in [5.41, 5.74) is 1.69. The predicted molar refractivity (Wildman–Crippen MR) is 93.3 cm³/mol. The first-order valence-electron chi connectivity index (χ1n) is 8.64. The molecule has 25 heavy (non-hydrogen) atoms. The smallest absolute Gasteiger partial charge is 0.248 e. The van der Waals surface area contributed by atoms with Crippen molar-refractivity contribution in [3.05, 3.63) is 36.2 Å².